The molecule has 5 rings (SSSR count). The van der Waals surface area contributed by atoms with Crippen LogP contribution in [-0.2, 0) is 0 Å². The number of hydrogen-bond donors (Lipinski definition) is 0. The van der Waals surface area contributed by atoms with Gasteiger partial charge in [0.15, 0.2) is 0 Å². The van der Waals surface area contributed by atoms with Crippen LogP contribution in [0.5, 0.6) is 0 Å². The number of allylic oxidation sites excluding steroid dienone is 1. The van der Waals surface area contributed by atoms with Crippen molar-refractivity contribution in [2.75, 3.05) is 6.54 Å². The highest BCUT2D eigenvalue weighted by Crippen LogP contribution is 2.40. The monoisotopic (exact) mass is 329 g/mol. The molecule has 0 bridgehead atoms. The smallest absolute Gasteiger partial charge is 0.261 e. The topological polar surface area (TPSA) is 49.7 Å². The molecule has 1 aromatic carbocycles. The molecule has 2 aliphatic heterocycles. The van der Waals surface area contributed by atoms with Gasteiger partial charge < -0.3 is 0 Å². The predicted octanol–water partition coefficient (Wildman–Crippen LogP) is 3.64. The average molecular weight is 329 g/mol. The minimum absolute atomic E-state index is 0.205. The summed E-state index contributed by atoms with van der Waals surface area (Å²) >= 11 is 0. The first-order valence-corrected chi connectivity index (χ1v) is 8.74. The van der Waals surface area contributed by atoms with Gasteiger partial charge in [0, 0.05) is 5.71 Å². The summed E-state index contributed by atoms with van der Waals surface area (Å²) in [4.78, 5) is 31.2. The van der Waals surface area contributed by atoms with Gasteiger partial charge in [-0.05, 0) is 60.6 Å². The second-order valence-electron chi connectivity index (χ2n) is 6.84. The molecule has 0 aromatic heterocycles. The van der Waals surface area contributed by atoms with Crippen molar-refractivity contribution < 1.29 is 9.59 Å². The van der Waals surface area contributed by atoms with Crippen molar-refractivity contribution in [2.45, 2.75) is 25.7 Å². The Morgan fingerprint density at radius 2 is 1.68 bits per heavy atom. The molecule has 0 atom stereocenters. The van der Waals surface area contributed by atoms with Crippen LogP contribution in [0.4, 0.5) is 0 Å². The van der Waals surface area contributed by atoms with E-state index < -0.39 is 0 Å². The number of nitrogens with zero attached hydrogens (tertiary/aromatic N) is 2. The number of amides is 2. The molecule has 0 N–H and O–H groups in total. The van der Waals surface area contributed by atoms with E-state index >= 15 is 0 Å². The molecule has 2 heterocycles. The maximum Gasteiger partial charge on any atom is 0.261 e. The van der Waals surface area contributed by atoms with Gasteiger partial charge in [0.1, 0.15) is 6.04 Å². The lowest BCUT2D eigenvalue weighted by Crippen LogP contribution is -2.31. The molecule has 0 unspecified atom stereocenters. The van der Waals surface area contributed by atoms with Crippen LogP contribution in [0.1, 0.15) is 46.4 Å². The van der Waals surface area contributed by atoms with Crippen LogP contribution in [0.15, 0.2) is 64.2 Å². The molecular weight excluding hydrogens is 312 g/mol. The van der Waals surface area contributed by atoms with Crippen molar-refractivity contribution in [1.29, 1.82) is 0 Å². The van der Waals surface area contributed by atoms with Crippen LogP contribution in [0.3, 0.4) is 0 Å². The molecule has 0 saturated heterocycles. The fraction of sp³-hybridized carbons (Fsp3) is 0.238. The highest BCUT2D eigenvalue weighted by atomic mass is 16.2. The van der Waals surface area contributed by atoms with Crippen LogP contribution < -0.4 is 0 Å². The van der Waals surface area contributed by atoms with Gasteiger partial charge in [-0.25, -0.2) is 0 Å². The Hall–Kier alpha value is -2.75. The van der Waals surface area contributed by atoms with Gasteiger partial charge in [0.05, 0.1) is 17.7 Å². The molecule has 4 heteroatoms. The van der Waals surface area contributed by atoms with Crippen LogP contribution in [0.2, 0.25) is 0 Å². The van der Waals surface area contributed by atoms with Gasteiger partial charge in [0.25, 0.3) is 11.8 Å². The highest BCUT2D eigenvalue weighted by Gasteiger charge is 2.36. The van der Waals surface area contributed by atoms with Gasteiger partial charge >= 0.3 is 0 Å². The van der Waals surface area contributed by atoms with E-state index in [-0.39, 0.29) is 11.8 Å². The molecule has 2 aliphatic carbocycles. The lowest BCUT2D eigenvalue weighted by molar-refractivity contribution is 0.0669. The molecular formula is C21H17N2O2. The van der Waals surface area contributed by atoms with Crippen molar-refractivity contribution in [1.82, 2.24) is 4.90 Å². The van der Waals surface area contributed by atoms with Crippen molar-refractivity contribution in [2.24, 2.45) is 4.99 Å². The first kappa shape index (κ1) is 14.6. The maximum atomic E-state index is 12.6. The SMILES string of the molecule is O=C1c2ccccc2C(=O)N1CC1=CC2=C3CCCCC3=N[C]2C=C1. The van der Waals surface area contributed by atoms with Crippen LogP contribution in [0, 0.1) is 6.04 Å². The van der Waals surface area contributed by atoms with Crippen LogP contribution >= 0.6 is 0 Å². The van der Waals surface area contributed by atoms with E-state index in [1.165, 1.54) is 34.6 Å². The molecule has 2 amide bonds. The zero-order chi connectivity index (χ0) is 17.0. The Bertz CT molecular complexity index is 898. The number of fused-ring (bicyclic) bond motifs is 3. The van der Waals surface area contributed by atoms with Gasteiger partial charge in [-0.1, -0.05) is 24.3 Å². The fourth-order valence-corrected chi connectivity index (χ4v) is 4.03. The number of aliphatic imine (C=N–C) groups is 1. The predicted molar refractivity (Wildman–Crippen MR) is 95.2 cm³/mol. The van der Waals surface area contributed by atoms with Crippen LogP contribution in [-0.4, -0.2) is 29.0 Å². The number of carbonyl (C=O) groups excluding carboxylic acids is 2. The van der Waals surface area contributed by atoms with Crippen LogP contribution in [0.25, 0.3) is 0 Å². The third kappa shape index (κ3) is 2.17. The largest absolute Gasteiger partial charge is 0.271 e. The van der Waals surface area contributed by atoms with Crippen molar-refractivity contribution >= 4 is 17.5 Å². The van der Waals surface area contributed by atoms with Crippen molar-refractivity contribution in [3.8, 4) is 0 Å². The molecule has 1 saturated carbocycles. The zero-order valence-electron chi connectivity index (χ0n) is 13.8. The van der Waals surface area contributed by atoms with Crippen molar-refractivity contribution in [3.63, 3.8) is 0 Å². The van der Waals surface area contributed by atoms with Crippen molar-refractivity contribution in [3.05, 3.63) is 76.4 Å². The first-order valence-electron chi connectivity index (χ1n) is 8.74. The second kappa shape index (κ2) is 5.38. The summed E-state index contributed by atoms with van der Waals surface area (Å²) in [6, 6.07) is 8.05. The fourth-order valence-electron chi connectivity index (χ4n) is 4.03. The van der Waals surface area contributed by atoms with Gasteiger partial charge in [-0.2, -0.15) is 0 Å². The van der Waals surface area contributed by atoms with E-state index in [2.05, 4.69) is 6.08 Å². The number of hydrogen-bond acceptors (Lipinski definition) is 3. The summed E-state index contributed by atoms with van der Waals surface area (Å²) in [5.74, 6) is -0.410. The molecule has 4 aliphatic rings. The molecule has 4 nitrogen and oxygen atoms in total. The van der Waals surface area contributed by atoms with E-state index in [0.717, 1.165) is 24.5 Å². The van der Waals surface area contributed by atoms with Gasteiger partial charge in [-0.15, -0.1) is 0 Å². The molecule has 1 radical (unpaired) electrons. The van der Waals surface area contributed by atoms with Gasteiger partial charge in [-0.3, -0.25) is 19.5 Å². The summed E-state index contributed by atoms with van der Waals surface area (Å²) in [6.07, 6.45) is 10.6. The number of benzene rings is 1. The summed E-state index contributed by atoms with van der Waals surface area (Å²) in [6.45, 7) is 0.308. The average Bonchev–Trinajstić information content (AvgIpc) is 3.13. The first-order chi connectivity index (χ1) is 12.2. The summed E-state index contributed by atoms with van der Waals surface area (Å²) in [5, 5.41) is 0. The Morgan fingerprint density at radius 1 is 0.960 bits per heavy atom. The van der Waals surface area contributed by atoms with Gasteiger partial charge in [0.2, 0.25) is 0 Å². The number of imide groups is 1. The minimum Gasteiger partial charge on any atom is -0.271 e. The Morgan fingerprint density at radius 3 is 2.44 bits per heavy atom. The zero-order valence-corrected chi connectivity index (χ0v) is 13.8. The summed E-state index contributed by atoms with van der Waals surface area (Å²) < 4.78 is 0. The van der Waals surface area contributed by atoms with E-state index in [4.69, 9.17) is 4.99 Å². The molecule has 123 valence electrons. The Labute approximate surface area is 146 Å². The summed E-state index contributed by atoms with van der Waals surface area (Å²) in [7, 11) is 0. The normalized spacial score (nSPS) is 22.0. The number of carbonyl (C=O) groups is 2. The molecule has 1 fully saturated rings. The third-order valence-corrected chi connectivity index (χ3v) is 5.30. The highest BCUT2D eigenvalue weighted by molar-refractivity contribution is 6.21. The molecule has 1 aromatic rings. The molecule has 25 heavy (non-hydrogen) atoms. The quantitative estimate of drug-likeness (QED) is 0.778. The van der Waals surface area contributed by atoms with E-state index in [0.29, 0.717) is 17.7 Å². The second-order valence-corrected chi connectivity index (χ2v) is 6.84. The lowest BCUT2D eigenvalue weighted by Gasteiger charge is -2.19. The maximum absolute atomic E-state index is 12.6. The minimum atomic E-state index is -0.205. The molecule has 0 spiro atoms. The summed E-state index contributed by atoms with van der Waals surface area (Å²) in [5.41, 5.74) is 5.73. The Balaban J connectivity index is 1.44. The van der Waals surface area contributed by atoms with E-state index in [1.807, 2.05) is 12.2 Å². The van der Waals surface area contributed by atoms with E-state index in [9.17, 15) is 9.59 Å². The third-order valence-electron chi connectivity index (χ3n) is 5.30. The Kier molecular flexibility index (Phi) is 3.14. The standard InChI is InChI=1S/C21H17N2O2/c24-20-15-6-1-2-7-16(15)21(25)23(20)12-13-9-10-19-17(11-13)14-5-3-4-8-18(14)22-19/h1-2,6-7,9-11H,3-5,8,12H2. The lowest BCUT2D eigenvalue weighted by atomic mass is 9.87. The van der Waals surface area contributed by atoms with E-state index in [1.54, 1.807) is 24.3 Å². The number of rotatable bonds is 2.